The number of H-pyrrole nitrogens is 2. The van der Waals surface area contributed by atoms with Crippen molar-refractivity contribution in [3.05, 3.63) is 42.9 Å². The SMILES string of the molecule is CN(c1ccc(-c2ccc(-c3cn[nH]c3)c3cn[nH]c23)nn1)C1CC2CC(F)(F)C(C1)N2. The second-order valence-corrected chi connectivity index (χ2v) is 8.70. The van der Waals surface area contributed by atoms with Crippen LogP contribution in [0, 0.1) is 0 Å². The van der Waals surface area contributed by atoms with Crippen LogP contribution in [0.1, 0.15) is 19.3 Å². The summed E-state index contributed by atoms with van der Waals surface area (Å²) >= 11 is 0. The lowest BCUT2D eigenvalue weighted by atomic mass is 9.98. The van der Waals surface area contributed by atoms with Gasteiger partial charge in [-0.25, -0.2) is 8.78 Å². The van der Waals surface area contributed by atoms with Crippen LogP contribution < -0.4 is 10.2 Å². The average Bonchev–Trinajstić information content (AvgIpc) is 3.53. The molecule has 10 heteroatoms. The van der Waals surface area contributed by atoms with Gasteiger partial charge in [0.05, 0.1) is 29.6 Å². The van der Waals surface area contributed by atoms with Gasteiger partial charge in [0.15, 0.2) is 5.82 Å². The van der Waals surface area contributed by atoms with Gasteiger partial charge < -0.3 is 10.2 Å². The molecule has 2 aliphatic rings. The Morgan fingerprint density at radius 1 is 1.03 bits per heavy atom. The lowest BCUT2D eigenvalue weighted by Crippen LogP contribution is -2.49. The Morgan fingerprint density at radius 2 is 1.91 bits per heavy atom. The maximum absolute atomic E-state index is 14.1. The number of halogens is 2. The summed E-state index contributed by atoms with van der Waals surface area (Å²) in [6.45, 7) is 0. The van der Waals surface area contributed by atoms with E-state index in [1.807, 2.05) is 42.4 Å². The van der Waals surface area contributed by atoms with Crippen molar-refractivity contribution in [2.45, 2.75) is 43.3 Å². The molecule has 0 amide bonds. The molecule has 2 fully saturated rings. The molecule has 1 aromatic carbocycles. The number of nitrogens with zero attached hydrogens (tertiary/aromatic N) is 5. The van der Waals surface area contributed by atoms with Gasteiger partial charge in [-0.05, 0) is 36.6 Å². The van der Waals surface area contributed by atoms with E-state index < -0.39 is 12.0 Å². The van der Waals surface area contributed by atoms with E-state index in [2.05, 4.69) is 35.9 Å². The normalized spacial score (nSPS) is 24.2. The molecule has 3 N–H and O–H groups in total. The van der Waals surface area contributed by atoms with E-state index in [0.717, 1.165) is 27.6 Å². The fourth-order valence-electron chi connectivity index (χ4n) is 5.08. The van der Waals surface area contributed by atoms with Crippen LogP contribution in [0.4, 0.5) is 14.6 Å². The summed E-state index contributed by atoms with van der Waals surface area (Å²) in [6, 6.07) is 6.92. The lowest BCUT2D eigenvalue weighted by Gasteiger charge is -2.36. The van der Waals surface area contributed by atoms with Crippen LogP contribution in [0.2, 0.25) is 0 Å². The summed E-state index contributed by atoms with van der Waals surface area (Å²) in [4.78, 5) is 1.98. The first kappa shape index (κ1) is 19.3. The second kappa shape index (κ2) is 7.06. The van der Waals surface area contributed by atoms with Crippen molar-refractivity contribution in [2.24, 2.45) is 0 Å². The smallest absolute Gasteiger partial charge is 0.264 e. The topological polar surface area (TPSA) is 98.4 Å². The standard InChI is InChI=1S/C22H22F2N8/c1-32(14-6-13-8-22(23,24)19(7-14)28-13)20-5-4-18(29-30-20)16-3-2-15(12-9-25-26-10-12)17-11-27-31-21(16)17/h2-5,9-11,13-14,19,28H,6-8H2,1H3,(H,25,26)(H,27,31). The predicted octanol–water partition coefficient (Wildman–Crippen LogP) is 3.37. The number of aromatic amines is 2. The number of rotatable bonds is 4. The van der Waals surface area contributed by atoms with E-state index in [9.17, 15) is 8.78 Å². The minimum Gasteiger partial charge on any atom is -0.355 e. The monoisotopic (exact) mass is 436 g/mol. The van der Waals surface area contributed by atoms with Gasteiger partial charge in [0, 0.05) is 48.3 Å². The van der Waals surface area contributed by atoms with Crippen LogP contribution in [0.5, 0.6) is 0 Å². The highest BCUT2D eigenvalue weighted by molar-refractivity contribution is 6.01. The van der Waals surface area contributed by atoms with Crippen molar-refractivity contribution in [3.63, 3.8) is 0 Å². The van der Waals surface area contributed by atoms with Crippen LogP contribution in [0.15, 0.2) is 42.9 Å². The number of nitrogens with one attached hydrogen (secondary N) is 3. The summed E-state index contributed by atoms with van der Waals surface area (Å²) < 4.78 is 28.2. The van der Waals surface area contributed by atoms with Gasteiger partial charge in [-0.2, -0.15) is 10.2 Å². The van der Waals surface area contributed by atoms with Gasteiger partial charge in [-0.1, -0.05) is 6.07 Å². The Morgan fingerprint density at radius 3 is 2.66 bits per heavy atom. The zero-order chi connectivity index (χ0) is 21.9. The zero-order valence-corrected chi connectivity index (χ0v) is 17.4. The molecule has 3 atom stereocenters. The van der Waals surface area contributed by atoms with Gasteiger partial charge in [0.1, 0.15) is 0 Å². The molecule has 2 aliphatic heterocycles. The predicted molar refractivity (Wildman–Crippen MR) is 116 cm³/mol. The molecule has 3 unspecified atom stereocenters. The van der Waals surface area contributed by atoms with Crippen LogP contribution in [0.25, 0.3) is 33.3 Å². The van der Waals surface area contributed by atoms with Crippen molar-refractivity contribution < 1.29 is 8.78 Å². The van der Waals surface area contributed by atoms with Gasteiger partial charge in [-0.3, -0.25) is 10.2 Å². The average molecular weight is 436 g/mol. The summed E-state index contributed by atoms with van der Waals surface area (Å²) in [5.74, 6) is -1.95. The number of anilines is 1. The first-order chi connectivity index (χ1) is 15.5. The zero-order valence-electron chi connectivity index (χ0n) is 17.4. The molecule has 6 rings (SSSR count). The van der Waals surface area contributed by atoms with E-state index in [1.54, 1.807) is 12.4 Å². The third-order valence-electron chi connectivity index (χ3n) is 6.79. The molecular formula is C22H22F2N8. The molecule has 0 aliphatic carbocycles. The fourth-order valence-corrected chi connectivity index (χ4v) is 5.08. The molecule has 8 nitrogen and oxygen atoms in total. The number of aromatic nitrogens is 6. The van der Waals surface area contributed by atoms with Crippen molar-refractivity contribution in [2.75, 3.05) is 11.9 Å². The Bertz CT molecular complexity index is 1250. The van der Waals surface area contributed by atoms with Crippen LogP contribution in [0.3, 0.4) is 0 Å². The van der Waals surface area contributed by atoms with Crippen molar-refractivity contribution in [3.8, 4) is 22.4 Å². The van der Waals surface area contributed by atoms with Crippen LogP contribution >= 0.6 is 0 Å². The minimum absolute atomic E-state index is 0.00772. The summed E-state index contributed by atoms with van der Waals surface area (Å²) in [5.41, 5.74) is 4.48. The van der Waals surface area contributed by atoms with Gasteiger partial charge in [0.25, 0.3) is 5.92 Å². The number of hydrogen-bond donors (Lipinski definition) is 3. The maximum atomic E-state index is 14.1. The molecule has 5 heterocycles. The van der Waals surface area contributed by atoms with E-state index in [-0.39, 0.29) is 18.5 Å². The van der Waals surface area contributed by atoms with Crippen molar-refractivity contribution in [1.29, 1.82) is 0 Å². The molecule has 3 aromatic heterocycles. The number of alkyl halides is 2. The van der Waals surface area contributed by atoms with Gasteiger partial charge in [0.2, 0.25) is 0 Å². The molecule has 164 valence electrons. The quantitative estimate of drug-likeness (QED) is 0.454. The van der Waals surface area contributed by atoms with E-state index >= 15 is 0 Å². The molecular weight excluding hydrogens is 414 g/mol. The van der Waals surface area contributed by atoms with E-state index in [1.165, 1.54) is 0 Å². The first-order valence-corrected chi connectivity index (χ1v) is 10.7. The number of piperidine rings is 1. The van der Waals surface area contributed by atoms with Crippen LogP contribution in [-0.2, 0) is 0 Å². The van der Waals surface area contributed by atoms with E-state index in [4.69, 9.17) is 0 Å². The maximum Gasteiger partial charge on any atom is 0.264 e. The molecule has 0 saturated carbocycles. The Labute approximate surface area is 182 Å². The fraction of sp³-hybridized carbons (Fsp3) is 0.364. The summed E-state index contributed by atoms with van der Waals surface area (Å²) in [5, 5.41) is 27.0. The molecule has 0 spiro atoms. The first-order valence-electron chi connectivity index (χ1n) is 10.7. The highest BCUT2D eigenvalue weighted by Gasteiger charge is 2.53. The van der Waals surface area contributed by atoms with Gasteiger partial charge in [-0.15, -0.1) is 10.2 Å². The highest BCUT2D eigenvalue weighted by atomic mass is 19.3. The lowest BCUT2D eigenvalue weighted by molar-refractivity contribution is -0.0128. The Balaban J connectivity index is 1.27. The summed E-state index contributed by atoms with van der Waals surface area (Å²) in [7, 11) is 1.91. The Kier molecular flexibility index (Phi) is 4.26. The molecule has 32 heavy (non-hydrogen) atoms. The third kappa shape index (κ3) is 3.05. The van der Waals surface area contributed by atoms with E-state index in [0.29, 0.717) is 24.4 Å². The highest BCUT2D eigenvalue weighted by Crippen LogP contribution is 2.41. The van der Waals surface area contributed by atoms with Crippen molar-refractivity contribution in [1.82, 2.24) is 35.9 Å². The molecule has 2 saturated heterocycles. The largest absolute Gasteiger partial charge is 0.355 e. The third-order valence-corrected chi connectivity index (χ3v) is 6.79. The molecule has 4 aromatic rings. The minimum atomic E-state index is -2.63. The van der Waals surface area contributed by atoms with Crippen LogP contribution in [-0.4, -0.2) is 61.7 Å². The van der Waals surface area contributed by atoms with Gasteiger partial charge >= 0.3 is 0 Å². The number of hydrogen-bond acceptors (Lipinski definition) is 6. The molecule has 0 radical (unpaired) electrons. The van der Waals surface area contributed by atoms with Crippen molar-refractivity contribution >= 4 is 16.7 Å². The number of benzene rings is 1. The number of fused-ring (bicyclic) bond motifs is 3. The summed E-state index contributed by atoms with van der Waals surface area (Å²) in [6.07, 6.45) is 6.40. The molecule has 2 bridgehead atoms. The second-order valence-electron chi connectivity index (χ2n) is 8.70. The Hall–Kier alpha value is -3.40.